The third-order valence-electron chi connectivity index (χ3n) is 2.26. The fourth-order valence-electron chi connectivity index (χ4n) is 1.56. The van der Waals surface area contributed by atoms with Gasteiger partial charge in [0.25, 0.3) is 0 Å². The van der Waals surface area contributed by atoms with Crippen molar-refractivity contribution >= 4 is 5.69 Å². The molecule has 2 heteroatoms. The van der Waals surface area contributed by atoms with Crippen LogP contribution in [0.1, 0.15) is 26.2 Å². The predicted molar refractivity (Wildman–Crippen MR) is 60.5 cm³/mol. The van der Waals surface area contributed by atoms with E-state index < -0.39 is 0 Å². The first-order chi connectivity index (χ1) is 6.86. The minimum absolute atomic E-state index is 0.254. The molecule has 0 heterocycles. The number of hydrogen-bond donors (Lipinski definition) is 2. The van der Waals surface area contributed by atoms with Gasteiger partial charge >= 0.3 is 0 Å². The number of anilines is 1. The monoisotopic (exact) mass is 193 g/mol. The summed E-state index contributed by atoms with van der Waals surface area (Å²) in [6.45, 7) is 2.42. The Bertz CT molecular complexity index is 229. The van der Waals surface area contributed by atoms with Crippen LogP contribution in [0.2, 0.25) is 0 Å². The van der Waals surface area contributed by atoms with Crippen LogP contribution in [0, 0.1) is 0 Å². The van der Waals surface area contributed by atoms with Crippen molar-refractivity contribution in [3.05, 3.63) is 30.3 Å². The van der Waals surface area contributed by atoms with E-state index >= 15 is 0 Å². The molecule has 0 aliphatic heterocycles. The fraction of sp³-hybridized carbons (Fsp3) is 0.500. The van der Waals surface area contributed by atoms with Gasteiger partial charge in [0.15, 0.2) is 0 Å². The summed E-state index contributed by atoms with van der Waals surface area (Å²) in [4.78, 5) is 0. The Morgan fingerprint density at radius 3 is 2.50 bits per heavy atom. The van der Waals surface area contributed by atoms with Crippen molar-refractivity contribution in [1.29, 1.82) is 0 Å². The van der Waals surface area contributed by atoms with Gasteiger partial charge in [-0.05, 0) is 25.0 Å². The fourth-order valence-corrected chi connectivity index (χ4v) is 1.56. The van der Waals surface area contributed by atoms with Crippen molar-refractivity contribution in [3.8, 4) is 0 Å². The molecule has 2 nitrogen and oxygen atoms in total. The average molecular weight is 193 g/mol. The number of aliphatic hydroxyl groups is 1. The molecule has 0 radical (unpaired) electrons. The highest BCUT2D eigenvalue weighted by atomic mass is 16.3. The van der Waals surface area contributed by atoms with E-state index in [1.165, 1.54) is 0 Å². The lowest BCUT2D eigenvalue weighted by Gasteiger charge is -2.18. The van der Waals surface area contributed by atoms with Gasteiger partial charge in [-0.15, -0.1) is 0 Å². The van der Waals surface area contributed by atoms with Crippen LogP contribution in [0.25, 0.3) is 0 Å². The predicted octanol–water partition coefficient (Wildman–Crippen LogP) is 2.65. The Balaban J connectivity index is 2.46. The standard InChI is InChI=1S/C12H19NO/c1-2-6-11(9-10-14)13-12-7-4-3-5-8-12/h3-5,7-8,11,13-14H,2,6,9-10H2,1H3. The molecule has 1 unspecified atom stereocenters. The van der Waals surface area contributed by atoms with Crippen LogP contribution in [0.4, 0.5) is 5.69 Å². The van der Waals surface area contributed by atoms with Gasteiger partial charge in [0, 0.05) is 18.3 Å². The molecule has 0 spiro atoms. The third-order valence-corrected chi connectivity index (χ3v) is 2.26. The molecule has 0 bridgehead atoms. The van der Waals surface area contributed by atoms with Gasteiger partial charge in [-0.2, -0.15) is 0 Å². The lowest BCUT2D eigenvalue weighted by atomic mass is 10.1. The summed E-state index contributed by atoms with van der Waals surface area (Å²) in [6.07, 6.45) is 3.07. The van der Waals surface area contributed by atoms with Gasteiger partial charge in [0.05, 0.1) is 0 Å². The molecule has 14 heavy (non-hydrogen) atoms. The normalized spacial score (nSPS) is 12.4. The molecule has 0 saturated carbocycles. The lowest BCUT2D eigenvalue weighted by Crippen LogP contribution is -2.20. The van der Waals surface area contributed by atoms with Gasteiger partial charge < -0.3 is 10.4 Å². The molecular weight excluding hydrogens is 174 g/mol. The minimum Gasteiger partial charge on any atom is -0.396 e. The summed E-state index contributed by atoms with van der Waals surface area (Å²) < 4.78 is 0. The van der Waals surface area contributed by atoms with E-state index in [0.717, 1.165) is 24.9 Å². The quantitative estimate of drug-likeness (QED) is 0.728. The number of benzene rings is 1. The molecule has 0 fully saturated rings. The van der Waals surface area contributed by atoms with Crippen molar-refractivity contribution in [1.82, 2.24) is 0 Å². The summed E-state index contributed by atoms with van der Waals surface area (Å²) in [6, 6.07) is 10.5. The second-order valence-corrected chi connectivity index (χ2v) is 3.51. The molecule has 0 amide bonds. The first kappa shape index (κ1) is 11.1. The molecule has 1 aromatic carbocycles. The second-order valence-electron chi connectivity index (χ2n) is 3.51. The highest BCUT2D eigenvalue weighted by Crippen LogP contribution is 2.11. The van der Waals surface area contributed by atoms with Crippen molar-refractivity contribution in [2.24, 2.45) is 0 Å². The van der Waals surface area contributed by atoms with E-state index in [4.69, 9.17) is 5.11 Å². The first-order valence-electron chi connectivity index (χ1n) is 5.29. The molecule has 1 atom stereocenters. The zero-order valence-corrected chi connectivity index (χ0v) is 8.74. The van der Waals surface area contributed by atoms with Crippen LogP contribution >= 0.6 is 0 Å². The van der Waals surface area contributed by atoms with Crippen molar-refractivity contribution in [2.45, 2.75) is 32.2 Å². The van der Waals surface area contributed by atoms with Gasteiger partial charge in [-0.3, -0.25) is 0 Å². The molecule has 0 saturated heterocycles. The van der Waals surface area contributed by atoms with Crippen molar-refractivity contribution < 1.29 is 5.11 Å². The summed E-state index contributed by atoms with van der Waals surface area (Å²) in [5.41, 5.74) is 1.14. The number of nitrogens with one attached hydrogen (secondary N) is 1. The van der Waals surface area contributed by atoms with E-state index in [2.05, 4.69) is 24.4 Å². The number of aliphatic hydroxyl groups excluding tert-OH is 1. The summed E-state index contributed by atoms with van der Waals surface area (Å²) >= 11 is 0. The molecule has 1 rings (SSSR count). The molecule has 0 aliphatic rings. The largest absolute Gasteiger partial charge is 0.396 e. The summed E-state index contributed by atoms with van der Waals surface area (Å²) in [7, 11) is 0. The third kappa shape index (κ3) is 3.79. The van der Waals surface area contributed by atoms with E-state index in [1.54, 1.807) is 0 Å². The topological polar surface area (TPSA) is 32.3 Å². The SMILES string of the molecule is CCCC(CCO)Nc1ccccc1. The maximum Gasteiger partial charge on any atom is 0.0450 e. The summed E-state index contributed by atoms with van der Waals surface area (Å²) in [5, 5.41) is 12.3. The molecule has 0 aliphatic carbocycles. The van der Waals surface area contributed by atoms with Crippen LogP contribution in [0.5, 0.6) is 0 Å². The van der Waals surface area contributed by atoms with Gasteiger partial charge in [-0.1, -0.05) is 31.5 Å². The number of para-hydroxylation sites is 1. The highest BCUT2D eigenvalue weighted by molar-refractivity contribution is 5.43. The zero-order valence-electron chi connectivity index (χ0n) is 8.74. The highest BCUT2D eigenvalue weighted by Gasteiger charge is 2.05. The lowest BCUT2D eigenvalue weighted by molar-refractivity contribution is 0.276. The van der Waals surface area contributed by atoms with E-state index in [9.17, 15) is 0 Å². The molecule has 2 N–H and O–H groups in total. The Morgan fingerprint density at radius 1 is 1.21 bits per heavy atom. The first-order valence-corrected chi connectivity index (χ1v) is 5.29. The molecule has 78 valence electrons. The van der Waals surface area contributed by atoms with Gasteiger partial charge in [0.1, 0.15) is 0 Å². The van der Waals surface area contributed by atoms with Gasteiger partial charge in [-0.25, -0.2) is 0 Å². The smallest absolute Gasteiger partial charge is 0.0450 e. The van der Waals surface area contributed by atoms with Crippen LogP contribution in [0.3, 0.4) is 0 Å². The summed E-state index contributed by atoms with van der Waals surface area (Å²) in [5.74, 6) is 0. The van der Waals surface area contributed by atoms with Gasteiger partial charge in [0.2, 0.25) is 0 Å². The van der Waals surface area contributed by atoms with Crippen LogP contribution < -0.4 is 5.32 Å². The van der Waals surface area contributed by atoms with E-state index in [1.807, 2.05) is 18.2 Å². The van der Waals surface area contributed by atoms with Crippen molar-refractivity contribution in [2.75, 3.05) is 11.9 Å². The molecule has 1 aromatic rings. The molecule has 0 aromatic heterocycles. The van der Waals surface area contributed by atoms with Crippen LogP contribution in [0.15, 0.2) is 30.3 Å². The number of rotatable bonds is 6. The van der Waals surface area contributed by atoms with Crippen molar-refractivity contribution in [3.63, 3.8) is 0 Å². The van der Waals surface area contributed by atoms with E-state index in [-0.39, 0.29) is 6.61 Å². The van der Waals surface area contributed by atoms with Crippen LogP contribution in [-0.2, 0) is 0 Å². The van der Waals surface area contributed by atoms with Crippen LogP contribution in [-0.4, -0.2) is 17.8 Å². The molecular formula is C12H19NO. The minimum atomic E-state index is 0.254. The maximum atomic E-state index is 8.90. The zero-order chi connectivity index (χ0) is 10.2. The Kier molecular flexibility index (Phi) is 5.08. The Morgan fingerprint density at radius 2 is 1.93 bits per heavy atom. The maximum absolute atomic E-state index is 8.90. The Hall–Kier alpha value is -1.02. The average Bonchev–Trinajstić information content (AvgIpc) is 2.20. The van der Waals surface area contributed by atoms with E-state index in [0.29, 0.717) is 6.04 Å². The second kappa shape index (κ2) is 6.44. The Labute approximate surface area is 86.0 Å². The number of hydrogen-bond acceptors (Lipinski definition) is 2.